The van der Waals surface area contributed by atoms with Gasteiger partial charge in [-0.2, -0.15) is 0 Å². The van der Waals surface area contributed by atoms with E-state index in [4.69, 9.17) is 9.47 Å². The van der Waals surface area contributed by atoms with E-state index in [0.29, 0.717) is 50.2 Å². The summed E-state index contributed by atoms with van der Waals surface area (Å²) >= 11 is 0. The number of carboxylic acid groups (broad SMARTS) is 1. The summed E-state index contributed by atoms with van der Waals surface area (Å²) in [6, 6.07) is 7.24. The Kier molecular flexibility index (Phi) is 3.97. The minimum atomic E-state index is -1.30. The molecule has 2 aromatic rings. The van der Waals surface area contributed by atoms with Crippen molar-refractivity contribution in [2.24, 2.45) is 0 Å². The molecule has 4 rings (SSSR count). The van der Waals surface area contributed by atoms with Crippen LogP contribution in [0.4, 0.5) is 0 Å². The predicted octanol–water partition coefficient (Wildman–Crippen LogP) is 0.439. The lowest BCUT2D eigenvalue weighted by Crippen LogP contribution is -2.47. The number of aromatic carboxylic acids is 1. The van der Waals surface area contributed by atoms with Crippen molar-refractivity contribution in [2.75, 3.05) is 26.3 Å². The van der Waals surface area contributed by atoms with Crippen LogP contribution in [0.3, 0.4) is 0 Å². The van der Waals surface area contributed by atoms with E-state index in [0.717, 1.165) is 5.39 Å². The third kappa shape index (κ3) is 2.89. The van der Waals surface area contributed by atoms with Gasteiger partial charge in [0.05, 0.1) is 31.3 Å². The van der Waals surface area contributed by atoms with Crippen LogP contribution in [-0.2, 0) is 20.7 Å². The summed E-state index contributed by atoms with van der Waals surface area (Å²) in [4.78, 5) is 28.7. The molecule has 0 unspecified atom stereocenters. The average Bonchev–Trinajstić information content (AvgIpc) is 3.21. The minimum absolute atomic E-state index is 0.0227. The first-order valence-corrected chi connectivity index (χ1v) is 8.45. The Balaban J connectivity index is 1.52. The normalized spacial score (nSPS) is 19.6. The molecule has 7 heteroatoms. The Bertz CT molecular complexity index is 812. The number of para-hydroxylation sites is 1. The minimum Gasteiger partial charge on any atom is -0.543 e. The number of carbonyl (C=O) groups excluding carboxylic acids is 2. The molecule has 2 fully saturated rings. The zero-order chi connectivity index (χ0) is 17.4. The molecule has 25 heavy (non-hydrogen) atoms. The van der Waals surface area contributed by atoms with E-state index in [2.05, 4.69) is 4.98 Å². The Hall–Kier alpha value is -2.38. The van der Waals surface area contributed by atoms with Crippen molar-refractivity contribution in [2.45, 2.75) is 25.0 Å². The molecule has 132 valence electrons. The summed E-state index contributed by atoms with van der Waals surface area (Å²) < 4.78 is 11.3. The lowest BCUT2D eigenvalue weighted by molar-refractivity contribution is -0.255. The van der Waals surface area contributed by atoms with Gasteiger partial charge in [-0.25, -0.2) is 0 Å². The van der Waals surface area contributed by atoms with Crippen molar-refractivity contribution in [1.82, 2.24) is 9.88 Å². The van der Waals surface area contributed by atoms with Crippen molar-refractivity contribution < 1.29 is 24.2 Å². The molecule has 1 aromatic heterocycles. The molecule has 0 aliphatic carbocycles. The summed E-state index contributed by atoms with van der Waals surface area (Å²) in [5.41, 5.74) is 1.15. The van der Waals surface area contributed by atoms with Crippen LogP contribution in [-0.4, -0.2) is 53.9 Å². The topological polar surface area (TPSA) is 94.7 Å². The largest absolute Gasteiger partial charge is 0.543 e. The van der Waals surface area contributed by atoms with Crippen molar-refractivity contribution in [3.05, 3.63) is 35.5 Å². The van der Waals surface area contributed by atoms with Crippen molar-refractivity contribution >= 4 is 22.8 Å². The van der Waals surface area contributed by atoms with Crippen LogP contribution in [0.5, 0.6) is 0 Å². The number of aromatic nitrogens is 1. The van der Waals surface area contributed by atoms with Crippen LogP contribution in [0.1, 0.15) is 28.9 Å². The number of benzene rings is 1. The van der Waals surface area contributed by atoms with E-state index in [-0.39, 0.29) is 18.0 Å². The van der Waals surface area contributed by atoms with Crippen LogP contribution in [0.2, 0.25) is 0 Å². The standard InChI is InChI=1S/C18H20N2O5/c21-15(20-7-5-18(6-8-20)24-9-10-25-18)11-13-12-3-1-2-4-14(12)19-16(13)17(22)23/h1-4,19H,5-11H2,(H,22,23)/p-1. The number of H-pyrrole nitrogens is 1. The van der Waals surface area contributed by atoms with E-state index < -0.39 is 11.8 Å². The number of nitrogens with one attached hydrogen (secondary N) is 1. The number of piperidine rings is 1. The van der Waals surface area contributed by atoms with Crippen molar-refractivity contribution in [3.63, 3.8) is 0 Å². The molecule has 7 nitrogen and oxygen atoms in total. The van der Waals surface area contributed by atoms with Gasteiger partial charge in [0, 0.05) is 36.8 Å². The Morgan fingerprint density at radius 3 is 2.52 bits per heavy atom. The van der Waals surface area contributed by atoms with E-state index >= 15 is 0 Å². The first-order valence-electron chi connectivity index (χ1n) is 8.45. The molecular weight excluding hydrogens is 324 g/mol. The molecule has 1 spiro atoms. The zero-order valence-electron chi connectivity index (χ0n) is 13.7. The number of amides is 1. The number of ether oxygens (including phenoxy) is 2. The van der Waals surface area contributed by atoms with Crippen molar-refractivity contribution in [3.8, 4) is 0 Å². The third-order valence-electron chi connectivity index (χ3n) is 5.04. The molecule has 0 bridgehead atoms. The second-order valence-corrected chi connectivity index (χ2v) is 6.48. The van der Waals surface area contributed by atoms with Gasteiger partial charge < -0.3 is 29.3 Å². The maximum absolute atomic E-state index is 12.7. The highest BCUT2D eigenvalue weighted by Crippen LogP contribution is 2.32. The highest BCUT2D eigenvalue weighted by Gasteiger charge is 2.40. The third-order valence-corrected chi connectivity index (χ3v) is 5.04. The number of hydrogen-bond acceptors (Lipinski definition) is 5. The molecule has 0 atom stereocenters. The maximum Gasteiger partial charge on any atom is 0.227 e. The summed E-state index contributed by atoms with van der Waals surface area (Å²) in [5, 5.41) is 12.2. The van der Waals surface area contributed by atoms with Crippen LogP contribution in [0.15, 0.2) is 24.3 Å². The number of likely N-dealkylation sites (tertiary alicyclic amines) is 1. The second kappa shape index (κ2) is 6.16. The average molecular weight is 343 g/mol. The van der Waals surface area contributed by atoms with Crippen LogP contribution in [0.25, 0.3) is 10.9 Å². The molecular formula is C18H19N2O5-. The maximum atomic E-state index is 12.7. The summed E-state index contributed by atoms with van der Waals surface area (Å²) in [5.74, 6) is -1.93. The van der Waals surface area contributed by atoms with E-state index in [1.54, 1.807) is 11.0 Å². The Labute approximate surface area is 144 Å². The monoisotopic (exact) mass is 343 g/mol. The molecule has 1 N–H and O–H groups in total. The molecule has 0 saturated carbocycles. The van der Waals surface area contributed by atoms with Gasteiger partial charge in [-0.05, 0) is 11.6 Å². The number of fused-ring (bicyclic) bond motifs is 1. The molecule has 0 radical (unpaired) electrons. The second-order valence-electron chi connectivity index (χ2n) is 6.48. The fourth-order valence-corrected chi connectivity index (χ4v) is 3.70. The fourth-order valence-electron chi connectivity index (χ4n) is 3.70. The van der Waals surface area contributed by atoms with Gasteiger partial charge in [0.25, 0.3) is 0 Å². The zero-order valence-corrected chi connectivity index (χ0v) is 13.7. The summed E-state index contributed by atoms with van der Waals surface area (Å²) in [6.07, 6.45) is 1.31. The number of nitrogens with zero attached hydrogens (tertiary/aromatic N) is 1. The number of aromatic amines is 1. The van der Waals surface area contributed by atoms with Gasteiger partial charge in [-0.15, -0.1) is 0 Å². The van der Waals surface area contributed by atoms with Gasteiger partial charge >= 0.3 is 0 Å². The van der Waals surface area contributed by atoms with Gasteiger partial charge in [0.1, 0.15) is 0 Å². The highest BCUT2D eigenvalue weighted by atomic mass is 16.7. The predicted molar refractivity (Wildman–Crippen MR) is 86.8 cm³/mol. The Morgan fingerprint density at radius 1 is 1.16 bits per heavy atom. The van der Waals surface area contributed by atoms with E-state index in [1.165, 1.54) is 0 Å². The van der Waals surface area contributed by atoms with Gasteiger partial charge in [0.15, 0.2) is 5.79 Å². The lowest BCUT2D eigenvalue weighted by atomic mass is 10.0. The number of carbonyl (C=O) groups is 2. The lowest BCUT2D eigenvalue weighted by Gasteiger charge is -2.37. The number of carboxylic acids is 1. The summed E-state index contributed by atoms with van der Waals surface area (Å²) in [7, 11) is 0. The molecule has 2 saturated heterocycles. The van der Waals surface area contributed by atoms with Crippen molar-refractivity contribution in [1.29, 1.82) is 0 Å². The molecule has 1 amide bonds. The van der Waals surface area contributed by atoms with Gasteiger partial charge in [-0.3, -0.25) is 4.79 Å². The first-order chi connectivity index (χ1) is 12.1. The quantitative estimate of drug-likeness (QED) is 0.873. The molecule has 2 aliphatic heterocycles. The van der Waals surface area contributed by atoms with Gasteiger partial charge in [-0.1, -0.05) is 18.2 Å². The summed E-state index contributed by atoms with van der Waals surface area (Å²) in [6.45, 7) is 2.28. The van der Waals surface area contributed by atoms with Gasteiger partial charge in [0.2, 0.25) is 5.91 Å². The van der Waals surface area contributed by atoms with E-state index in [1.807, 2.05) is 18.2 Å². The molecule has 3 heterocycles. The van der Waals surface area contributed by atoms with Crippen LogP contribution < -0.4 is 5.11 Å². The SMILES string of the molecule is O=C([O-])c1[nH]c2ccccc2c1CC(=O)N1CCC2(CC1)OCCO2. The molecule has 2 aliphatic rings. The number of hydrogen-bond donors (Lipinski definition) is 1. The van der Waals surface area contributed by atoms with Crippen LogP contribution >= 0.6 is 0 Å². The highest BCUT2D eigenvalue weighted by molar-refractivity contribution is 5.99. The van der Waals surface area contributed by atoms with Crippen LogP contribution in [0, 0.1) is 0 Å². The van der Waals surface area contributed by atoms with E-state index in [9.17, 15) is 14.7 Å². The fraction of sp³-hybridized carbons (Fsp3) is 0.444. The Morgan fingerprint density at radius 2 is 1.84 bits per heavy atom. The number of rotatable bonds is 3. The molecule has 1 aromatic carbocycles. The smallest absolute Gasteiger partial charge is 0.227 e. The first kappa shape index (κ1) is 16.1.